The lowest BCUT2D eigenvalue weighted by molar-refractivity contribution is -0.354. The van der Waals surface area contributed by atoms with E-state index in [0.29, 0.717) is 12.8 Å². The molecule has 3 aliphatic rings. The van der Waals surface area contributed by atoms with Gasteiger partial charge in [-0.15, -0.1) is 0 Å². The van der Waals surface area contributed by atoms with Crippen LogP contribution in [0.3, 0.4) is 0 Å². The second-order valence-corrected chi connectivity index (χ2v) is 9.13. The zero-order chi connectivity index (χ0) is 18.5. The van der Waals surface area contributed by atoms with Crippen LogP contribution in [0.2, 0.25) is 0 Å². The Balaban J connectivity index is 1.97. The van der Waals surface area contributed by atoms with Crippen LogP contribution in [0.25, 0.3) is 0 Å². The zero-order valence-electron chi connectivity index (χ0n) is 14.6. The van der Waals surface area contributed by atoms with Crippen LogP contribution in [0, 0.1) is 16.7 Å². The van der Waals surface area contributed by atoms with Gasteiger partial charge in [0.1, 0.15) is 5.78 Å². The molecule has 0 radical (unpaired) electrons. The third-order valence-electron chi connectivity index (χ3n) is 6.11. The van der Waals surface area contributed by atoms with E-state index in [0.717, 1.165) is 6.42 Å². The van der Waals surface area contributed by atoms with E-state index < -0.39 is 21.4 Å². The van der Waals surface area contributed by atoms with Gasteiger partial charge in [-0.05, 0) is 37.4 Å². The summed E-state index contributed by atoms with van der Waals surface area (Å²) in [6.07, 6.45) is 8.04. The van der Waals surface area contributed by atoms with Crippen LogP contribution in [0.1, 0.15) is 33.1 Å². The van der Waals surface area contributed by atoms with E-state index >= 15 is 0 Å². The summed E-state index contributed by atoms with van der Waals surface area (Å²) < 4.78 is 34.1. The van der Waals surface area contributed by atoms with E-state index in [9.17, 15) is 18.3 Å². The highest BCUT2D eigenvalue weighted by Crippen LogP contribution is 2.64. The Morgan fingerprint density at radius 3 is 2.60 bits per heavy atom. The van der Waals surface area contributed by atoms with Crippen molar-refractivity contribution >= 4 is 21.5 Å². The number of hydrogen-bond donors (Lipinski definition) is 0. The number of ketones is 1. The predicted octanol–water partition coefficient (Wildman–Crippen LogP) is 1.50. The molecule has 2 bridgehead atoms. The molecular weight excluding hydrogens is 342 g/mol. The van der Waals surface area contributed by atoms with Crippen molar-refractivity contribution in [2.24, 2.45) is 21.1 Å². The van der Waals surface area contributed by atoms with Gasteiger partial charge in [-0.3, -0.25) is 4.79 Å². The lowest BCUT2D eigenvalue weighted by atomic mass is 9.70. The average molecular weight is 364 g/mol. The van der Waals surface area contributed by atoms with Crippen LogP contribution < -0.4 is 5.11 Å². The van der Waals surface area contributed by atoms with E-state index in [1.807, 2.05) is 13.8 Å². The van der Waals surface area contributed by atoms with Crippen molar-refractivity contribution in [3.8, 4) is 0 Å². The Bertz CT molecular complexity index is 832. The summed E-state index contributed by atoms with van der Waals surface area (Å²) in [6.45, 7) is 3.96. The minimum Gasteiger partial charge on any atom is -0.616 e. The quantitative estimate of drug-likeness (QED) is 0.704. The van der Waals surface area contributed by atoms with Crippen LogP contribution in [0.4, 0.5) is 0 Å². The van der Waals surface area contributed by atoms with Crippen molar-refractivity contribution in [1.29, 1.82) is 0 Å². The monoisotopic (exact) mass is 364 g/mol. The molecule has 0 heterocycles. The summed E-state index contributed by atoms with van der Waals surface area (Å²) >= 11 is 0. The van der Waals surface area contributed by atoms with Gasteiger partial charge in [-0.25, -0.2) is 8.42 Å². The maximum Gasteiger partial charge on any atom is 0.254 e. The predicted molar refractivity (Wildman–Crippen MR) is 92.1 cm³/mol. The first-order valence-corrected chi connectivity index (χ1v) is 9.90. The molecule has 0 aromatic carbocycles. The van der Waals surface area contributed by atoms with Crippen molar-refractivity contribution in [3.05, 3.63) is 35.8 Å². The summed E-state index contributed by atoms with van der Waals surface area (Å²) in [5.41, 5.74) is -1.09. The zero-order valence-corrected chi connectivity index (χ0v) is 15.4. The number of carbonyl (C=O) groups excluding carboxylic acids is 1. The first-order chi connectivity index (χ1) is 11.6. The molecule has 0 N–H and O–H groups in total. The number of allylic oxidation sites excluding steroid dienone is 5. The Kier molecular flexibility index (Phi) is 4.18. The Morgan fingerprint density at radius 1 is 1.36 bits per heavy atom. The molecule has 0 aromatic rings. The van der Waals surface area contributed by atoms with Gasteiger partial charge in [0.15, 0.2) is 0 Å². The molecule has 2 saturated carbocycles. The fourth-order valence-corrected chi connectivity index (χ4v) is 6.26. The van der Waals surface area contributed by atoms with Gasteiger partial charge >= 0.3 is 0 Å². The van der Waals surface area contributed by atoms with E-state index in [1.54, 1.807) is 12.2 Å². The maximum atomic E-state index is 12.8. The van der Waals surface area contributed by atoms with E-state index in [4.69, 9.17) is 0 Å². The van der Waals surface area contributed by atoms with Crippen LogP contribution in [0.15, 0.2) is 40.2 Å². The summed E-state index contributed by atoms with van der Waals surface area (Å²) in [6, 6.07) is 0. The number of ether oxygens (including phenoxy) is 1. The number of fused-ring (bicyclic) bond motifs is 2. The Labute approximate surface area is 148 Å². The first kappa shape index (κ1) is 17.9. The molecule has 0 spiro atoms. The van der Waals surface area contributed by atoms with Gasteiger partial charge in [-0.1, -0.05) is 32.1 Å². The second kappa shape index (κ2) is 5.83. The molecule has 2 atom stereocenters. The number of rotatable bonds is 4. The number of carbonyl (C=O) groups is 1. The van der Waals surface area contributed by atoms with Crippen LogP contribution in [-0.4, -0.2) is 32.8 Å². The molecule has 0 saturated heterocycles. The topological polar surface area (TPSA) is 95.9 Å². The summed E-state index contributed by atoms with van der Waals surface area (Å²) in [7, 11) is -2.71. The highest BCUT2D eigenvalue weighted by atomic mass is 32.2. The maximum absolute atomic E-state index is 12.8. The van der Waals surface area contributed by atoms with Gasteiger partial charge in [-0.2, -0.15) is 4.40 Å². The van der Waals surface area contributed by atoms with Crippen LogP contribution in [-0.2, 0) is 19.6 Å². The molecule has 0 unspecified atom stereocenters. The second-order valence-electron chi connectivity index (χ2n) is 7.49. The number of nitrogens with zero attached hydrogens (tertiary/aromatic N) is 1. The third-order valence-corrected chi connectivity index (χ3v) is 7.45. The van der Waals surface area contributed by atoms with Crippen molar-refractivity contribution in [3.63, 3.8) is 0 Å². The molecule has 6 nitrogen and oxygen atoms in total. The van der Waals surface area contributed by atoms with Crippen LogP contribution in [0.5, 0.6) is 0 Å². The van der Waals surface area contributed by atoms with Gasteiger partial charge in [0.25, 0.3) is 10.0 Å². The van der Waals surface area contributed by atoms with E-state index in [1.165, 1.54) is 19.3 Å². The normalized spacial score (nSPS) is 34.0. The van der Waals surface area contributed by atoms with Crippen LogP contribution >= 0.6 is 0 Å². The Morgan fingerprint density at radius 2 is 2.04 bits per heavy atom. The molecule has 0 aromatic heterocycles. The molecular formula is C18H22NO5S-. The van der Waals surface area contributed by atoms with Gasteiger partial charge in [0.05, 0.1) is 22.8 Å². The fourth-order valence-electron chi connectivity index (χ4n) is 4.44. The van der Waals surface area contributed by atoms with E-state index in [2.05, 4.69) is 9.13 Å². The number of methoxy groups -OCH3 is 1. The molecule has 3 rings (SSSR count). The van der Waals surface area contributed by atoms with Crippen molar-refractivity contribution in [2.45, 2.75) is 33.1 Å². The molecule has 3 aliphatic carbocycles. The average Bonchev–Trinajstić information content (AvgIpc) is 2.88. The molecule has 7 heteroatoms. The number of sulfonamides is 1. The molecule has 136 valence electrons. The molecule has 25 heavy (non-hydrogen) atoms. The van der Waals surface area contributed by atoms with Crippen molar-refractivity contribution < 1.29 is 23.1 Å². The number of hydrogen-bond acceptors (Lipinski definition) is 5. The fraction of sp³-hybridized carbons (Fsp3) is 0.556. The highest BCUT2D eigenvalue weighted by molar-refractivity contribution is 7.90. The molecule has 0 amide bonds. The smallest absolute Gasteiger partial charge is 0.254 e. The lowest BCUT2D eigenvalue weighted by Gasteiger charge is -2.35. The summed E-state index contributed by atoms with van der Waals surface area (Å²) in [4.78, 5) is 12.5. The summed E-state index contributed by atoms with van der Waals surface area (Å²) in [5.74, 6) is -0.699. The molecule has 2 fully saturated rings. The van der Waals surface area contributed by atoms with E-state index in [-0.39, 0.29) is 34.2 Å². The highest BCUT2D eigenvalue weighted by Gasteiger charge is 2.65. The number of Topliss-reactive ketones (excluding diaryl/α,β-unsaturated/α-hetero) is 1. The third kappa shape index (κ3) is 2.74. The van der Waals surface area contributed by atoms with Gasteiger partial charge in [0, 0.05) is 12.0 Å². The summed E-state index contributed by atoms with van der Waals surface area (Å²) in [5, 5.41) is 11.8. The molecule has 0 aliphatic heterocycles. The SMILES string of the molecule is COC([O-])=C1C=CC=CC1=NS(=O)(=O)C[C@]12CC[C@H](CC1=O)C2(C)C. The van der Waals surface area contributed by atoms with Crippen molar-refractivity contribution in [1.82, 2.24) is 0 Å². The first-order valence-electron chi connectivity index (χ1n) is 8.29. The van der Waals surface area contributed by atoms with Gasteiger partial charge < -0.3 is 9.84 Å². The van der Waals surface area contributed by atoms with Crippen molar-refractivity contribution in [2.75, 3.05) is 12.9 Å². The minimum absolute atomic E-state index is 0.0220. The lowest BCUT2D eigenvalue weighted by Crippen LogP contribution is -2.41. The largest absolute Gasteiger partial charge is 0.616 e. The minimum atomic E-state index is -3.93. The Hall–Kier alpha value is -1.89. The van der Waals surface area contributed by atoms with Gasteiger partial charge in [0.2, 0.25) is 0 Å². The standard InChI is InChI=1S/C18H23NO5S/c1-17(2)12-8-9-18(17,15(20)10-12)11-25(22,23)19-14-7-5-4-6-13(14)16(21)24-3/h4-7,12,21H,8-11H2,1-3H3/p-1/t12-,18-/m1/s1.